The molecule has 0 aliphatic carbocycles. The fourth-order valence-electron chi connectivity index (χ4n) is 5.00. The van der Waals surface area contributed by atoms with E-state index in [0.717, 1.165) is 54.0 Å². The van der Waals surface area contributed by atoms with Crippen molar-refractivity contribution in [1.82, 2.24) is 5.32 Å². The highest BCUT2D eigenvalue weighted by Crippen LogP contribution is 2.28. The van der Waals surface area contributed by atoms with Crippen molar-refractivity contribution >= 4 is 47.7 Å². The van der Waals surface area contributed by atoms with Gasteiger partial charge in [-0.25, -0.2) is 0 Å². The second-order valence-electron chi connectivity index (χ2n) is 11.2. The van der Waals surface area contributed by atoms with Crippen molar-refractivity contribution in [3.63, 3.8) is 0 Å². The molecule has 282 valence electrons. The van der Waals surface area contributed by atoms with E-state index in [1.165, 1.54) is 0 Å². The third-order valence-electron chi connectivity index (χ3n) is 6.77. The van der Waals surface area contributed by atoms with E-state index < -0.39 is 110 Å². The molecule has 0 radical (unpaired) electrons. The van der Waals surface area contributed by atoms with Crippen LogP contribution < -0.4 is 5.32 Å². The van der Waals surface area contributed by atoms with Gasteiger partial charge in [0.1, 0.15) is 18.8 Å². The molecule has 1 aromatic carbocycles. The minimum absolute atomic E-state index is 0.0522. The lowest BCUT2D eigenvalue weighted by Crippen LogP contribution is -2.59. The number of nitrogens with one attached hydrogen (secondary N) is 1. The van der Waals surface area contributed by atoms with Gasteiger partial charge in [0.25, 0.3) is 5.91 Å². The summed E-state index contributed by atoms with van der Waals surface area (Å²) in [6, 6.07) is 9.04. The van der Waals surface area contributed by atoms with Gasteiger partial charge in [-0.05, 0) is 5.56 Å². The van der Waals surface area contributed by atoms with Crippen molar-refractivity contribution in [2.45, 2.75) is 111 Å². The summed E-state index contributed by atoms with van der Waals surface area (Å²) >= 11 is 0. The number of benzene rings is 1. The Morgan fingerprint density at radius 2 is 1.27 bits per heavy atom. The highest BCUT2D eigenvalue weighted by molar-refractivity contribution is 5.84. The lowest BCUT2D eigenvalue weighted by atomic mass is 9.99. The van der Waals surface area contributed by atoms with E-state index in [0.29, 0.717) is 0 Å². The largest absolute Gasteiger partial charge is 0.462 e. The highest BCUT2D eigenvalue weighted by Gasteiger charge is 2.48. The van der Waals surface area contributed by atoms with Crippen LogP contribution in [0, 0.1) is 0 Å². The molecule has 0 spiro atoms. The van der Waals surface area contributed by atoms with E-state index in [4.69, 9.17) is 42.6 Å². The van der Waals surface area contributed by atoms with Gasteiger partial charge in [0.15, 0.2) is 30.7 Å². The summed E-state index contributed by atoms with van der Waals surface area (Å²) in [7, 11) is 0. The fraction of sp³-hybridized carbons (Fsp3) is 0.576. The number of rotatable bonds is 17. The zero-order chi connectivity index (χ0) is 38.2. The standard InChI is InChI=1S/C33H43NO17/c1-17(35)43-16-27(46-19(3)37)30(48-21(5)39)31(49-22(6)40)32(50-23(7)41)33(42)34-14-26-29(47-20(4)38)25(45-18(2)36)13-28(51-26)44-15-24-11-9-8-10-12-24/h8-12,25-32H,13-16H2,1-7H3,(H,34,42)/t25-,26-,27-,28+,29+,30+,31-,32-/m1/s1. The minimum Gasteiger partial charge on any atom is -0.462 e. The Balaban J connectivity index is 2.48. The molecule has 18 heteroatoms. The maximum Gasteiger partial charge on any atom is 0.303 e. The molecular formula is C33H43NO17. The van der Waals surface area contributed by atoms with E-state index in [-0.39, 0.29) is 13.0 Å². The number of ether oxygens (including phenoxy) is 9. The van der Waals surface area contributed by atoms with E-state index >= 15 is 0 Å². The molecule has 1 saturated heterocycles. The summed E-state index contributed by atoms with van der Waals surface area (Å²) in [5.41, 5.74) is 0.793. The maximum absolute atomic E-state index is 13.8. The van der Waals surface area contributed by atoms with E-state index in [2.05, 4.69) is 5.32 Å². The fourth-order valence-corrected chi connectivity index (χ4v) is 5.00. The Labute approximate surface area is 293 Å². The molecule has 1 amide bonds. The molecule has 0 bridgehead atoms. The second-order valence-corrected chi connectivity index (χ2v) is 11.2. The number of carbonyl (C=O) groups excluding carboxylic acids is 8. The van der Waals surface area contributed by atoms with Gasteiger partial charge in [-0.2, -0.15) is 0 Å². The first-order valence-corrected chi connectivity index (χ1v) is 15.7. The SMILES string of the molecule is CC(=O)OC[C@@H](OC(C)=O)[C@H](OC(C)=O)[C@@H](OC(C)=O)[C@@H](OC(C)=O)C(=O)NC[C@H]1O[C@H](OCc2ccccc2)C[C@@H](OC(C)=O)[C@@H]1OC(C)=O. The Morgan fingerprint density at radius 3 is 1.80 bits per heavy atom. The van der Waals surface area contributed by atoms with Crippen molar-refractivity contribution in [2.75, 3.05) is 13.2 Å². The lowest BCUT2D eigenvalue weighted by Gasteiger charge is -2.40. The monoisotopic (exact) mass is 725 g/mol. The Hall–Kier alpha value is -5.10. The molecule has 1 heterocycles. The van der Waals surface area contributed by atoms with Crippen LogP contribution in [0.25, 0.3) is 0 Å². The number of carbonyl (C=O) groups is 8. The van der Waals surface area contributed by atoms with Crippen molar-refractivity contribution in [2.24, 2.45) is 0 Å². The maximum atomic E-state index is 13.8. The molecule has 18 nitrogen and oxygen atoms in total. The number of hydrogen-bond acceptors (Lipinski definition) is 17. The van der Waals surface area contributed by atoms with Crippen molar-refractivity contribution in [1.29, 1.82) is 0 Å². The third kappa shape index (κ3) is 15.1. The van der Waals surface area contributed by atoms with Crippen molar-refractivity contribution < 1.29 is 81.0 Å². The van der Waals surface area contributed by atoms with E-state index in [1.807, 2.05) is 18.2 Å². The van der Waals surface area contributed by atoms with E-state index in [1.54, 1.807) is 12.1 Å². The van der Waals surface area contributed by atoms with Crippen LogP contribution in [-0.4, -0.2) is 110 Å². The molecule has 2 rings (SSSR count). The molecule has 1 aromatic rings. The van der Waals surface area contributed by atoms with Crippen LogP contribution in [-0.2, 0) is 87.6 Å². The average molecular weight is 726 g/mol. The normalized spacial score (nSPS) is 20.5. The molecule has 1 fully saturated rings. The van der Waals surface area contributed by atoms with Gasteiger partial charge in [0, 0.05) is 61.4 Å². The molecule has 51 heavy (non-hydrogen) atoms. The summed E-state index contributed by atoms with van der Waals surface area (Å²) in [6.45, 7) is 6.01. The first-order valence-electron chi connectivity index (χ1n) is 15.7. The van der Waals surface area contributed by atoms with Crippen molar-refractivity contribution in [3.05, 3.63) is 35.9 Å². The van der Waals surface area contributed by atoms with E-state index in [9.17, 15) is 38.4 Å². The Bertz CT molecular complexity index is 1400. The topological polar surface area (TPSA) is 232 Å². The molecular weight excluding hydrogens is 682 g/mol. The van der Waals surface area contributed by atoms with Crippen LogP contribution >= 0.6 is 0 Å². The molecule has 1 aliphatic rings. The van der Waals surface area contributed by atoms with Crippen LogP contribution in [0.3, 0.4) is 0 Å². The second kappa shape index (κ2) is 20.5. The quantitative estimate of drug-likeness (QED) is 0.171. The molecule has 0 saturated carbocycles. The number of esters is 7. The van der Waals surface area contributed by atoms with Crippen LogP contribution in [0.4, 0.5) is 0 Å². The zero-order valence-corrected chi connectivity index (χ0v) is 29.3. The average Bonchev–Trinajstić information content (AvgIpc) is 3.02. The molecule has 0 aromatic heterocycles. The van der Waals surface area contributed by atoms with Gasteiger partial charge in [0.2, 0.25) is 6.10 Å². The smallest absolute Gasteiger partial charge is 0.303 e. The van der Waals surface area contributed by atoms with Crippen LogP contribution in [0.1, 0.15) is 60.5 Å². The first-order chi connectivity index (χ1) is 24.0. The van der Waals surface area contributed by atoms with Gasteiger partial charge in [0.05, 0.1) is 6.61 Å². The minimum atomic E-state index is -2.09. The van der Waals surface area contributed by atoms with Gasteiger partial charge in [-0.1, -0.05) is 30.3 Å². The summed E-state index contributed by atoms with van der Waals surface area (Å²) in [5.74, 6) is -7.45. The zero-order valence-electron chi connectivity index (χ0n) is 29.3. The molecule has 1 aliphatic heterocycles. The van der Waals surface area contributed by atoms with Gasteiger partial charge in [-0.3, -0.25) is 38.4 Å². The summed E-state index contributed by atoms with van der Waals surface area (Å²) in [6.07, 6.45) is -12.3. The first kappa shape index (κ1) is 42.1. The van der Waals surface area contributed by atoms with Crippen LogP contribution in [0.15, 0.2) is 30.3 Å². The van der Waals surface area contributed by atoms with Crippen molar-refractivity contribution in [3.8, 4) is 0 Å². The molecule has 8 atom stereocenters. The number of amides is 1. The summed E-state index contributed by atoms with van der Waals surface area (Å²) in [4.78, 5) is 98.3. The number of hydrogen-bond donors (Lipinski definition) is 1. The third-order valence-corrected chi connectivity index (χ3v) is 6.77. The van der Waals surface area contributed by atoms with Crippen LogP contribution in [0.5, 0.6) is 0 Å². The highest BCUT2D eigenvalue weighted by atomic mass is 16.7. The Morgan fingerprint density at radius 1 is 0.706 bits per heavy atom. The molecule has 1 N–H and O–H groups in total. The predicted octanol–water partition coefficient (Wildman–Crippen LogP) is 0.588. The van der Waals surface area contributed by atoms with Gasteiger partial charge < -0.3 is 47.9 Å². The summed E-state index contributed by atoms with van der Waals surface area (Å²) in [5, 5.41) is 2.47. The summed E-state index contributed by atoms with van der Waals surface area (Å²) < 4.78 is 48.8. The van der Waals surface area contributed by atoms with Gasteiger partial charge >= 0.3 is 41.8 Å². The van der Waals surface area contributed by atoms with Gasteiger partial charge in [-0.15, -0.1) is 0 Å². The predicted molar refractivity (Wildman–Crippen MR) is 167 cm³/mol. The molecule has 0 unspecified atom stereocenters. The van der Waals surface area contributed by atoms with Crippen LogP contribution in [0.2, 0.25) is 0 Å². The lowest BCUT2D eigenvalue weighted by molar-refractivity contribution is -0.261. The Kier molecular flexibility index (Phi) is 16.9.